The summed E-state index contributed by atoms with van der Waals surface area (Å²) in [6.07, 6.45) is 4.88. The first-order chi connectivity index (χ1) is 9.78. The normalized spacial score (nSPS) is 17.4. The first-order valence-electron chi connectivity index (χ1n) is 6.61. The number of hydrogen-bond donors (Lipinski definition) is 3. The van der Waals surface area contributed by atoms with Gasteiger partial charge in [0.15, 0.2) is 5.82 Å². The van der Waals surface area contributed by atoms with Gasteiger partial charge < -0.3 is 5.32 Å². The Morgan fingerprint density at radius 1 is 1.30 bits per heavy atom. The topological polar surface area (TPSA) is 75.9 Å². The average molecular weight is 290 g/mol. The minimum atomic E-state index is 0.220. The van der Waals surface area contributed by atoms with Crippen molar-refractivity contribution in [2.75, 3.05) is 10.7 Å². The van der Waals surface area contributed by atoms with E-state index in [4.69, 9.17) is 17.4 Å². The van der Waals surface area contributed by atoms with Crippen molar-refractivity contribution in [3.8, 4) is 0 Å². The van der Waals surface area contributed by atoms with Gasteiger partial charge in [0.1, 0.15) is 5.02 Å². The lowest BCUT2D eigenvalue weighted by atomic mass is 9.88. The van der Waals surface area contributed by atoms with Crippen molar-refractivity contribution in [3.05, 3.63) is 46.6 Å². The molecule has 104 valence electrons. The van der Waals surface area contributed by atoms with Crippen LogP contribution in [0.1, 0.15) is 30.0 Å². The predicted octanol–water partition coefficient (Wildman–Crippen LogP) is 2.91. The molecule has 0 fully saturated rings. The van der Waals surface area contributed by atoms with Crippen LogP contribution in [0.15, 0.2) is 30.5 Å². The molecular formula is C14H16ClN5. The highest BCUT2D eigenvalue weighted by Gasteiger charge is 2.20. The fourth-order valence-electron chi connectivity index (χ4n) is 2.61. The molecule has 4 N–H and O–H groups in total. The quantitative estimate of drug-likeness (QED) is 0.598. The Kier molecular flexibility index (Phi) is 3.71. The molecule has 0 aliphatic heterocycles. The van der Waals surface area contributed by atoms with Crippen molar-refractivity contribution >= 4 is 23.4 Å². The van der Waals surface area contributed by atoms with E-state index in [1.54, 1.807) is 6.20 Å². The van der Waals surface area contributed by atoms with E-state index in [0.29, 0.717) is 16.8 Å². The molecule has 0 bridgehead atoms. The lowest BCUT2D eigenvalue weighted by Gasteiger charge is -2.27. The van der Waals surface area contributed by atoms with E-state index in [-0.39, 0.29) is 6.04 Å². The van der Waals surface area contributed by atoms with Gasteiger partial charge >= 0.3 is 0 Å². The highest BCUT2D eigenvalue weighted by molar-refractivity contribution is 6.32. The minimum absolute atomic E-state index is 0.220. The minimum Gasteiger partial charge on any atom is -0.362 e. The zero-order valence-corrected chi connectivity index (χ0v) is 11.7. The monoisotopic (exact) mass is 289 g/mol. The molecule has 0 spiro atoms. The van der Waals surface area contributed by atoms with Gasteiger partial charge in [0.05, 0.1) is 12.2 Å². The zero-order chi connectivity index (χ0) is 13.9. The van der Waals surface area contributed by atoms with Gasteiger partial charge in [-0.3, -0.25) is 5.43 Å². The number of fused-ring (bicyclic) bond motifs is 1. The Labute approximate surface area is 122 Å². The third-order valence-corrected chi connectivity index (χ3v) is 3.83. The summed E-state index contributed by atoms with van der Waals surface area (Å²) in [7, 11) is 0. The molecule has 1 atom stereocenters. The number of hydrogen-bond acceptors (Lipinski definition) is 5. The third-order valence-electron chi connectivity index (χ3n) is 3.55. The number of nitrogen functional groups attached to an aromatic ring is 1. The van der Waals surface area contributed by atoms with Gasteiger partial charge in [0.25, 0.3) is 0 Å². The second-order valence-electron chi connectivity index (χ2n) is 4.82. The van der Waals surface area contributed by atoms with E-state index in [0.717, 1.165) is 19.3 Å². The van der Waals surface area contributed by atoms with Crippen LogP contribution in [0.4, 0.5) is 11.8 Å². The number of hydrazine groups is 1. The molecule has 1 aromatic heterocycles. The Balaban J connectivity index is 1.89. The molecule has 1 aliphatic carbocycles. The Hall–Kier alpha value is -1.85. The van der Waals surface area contributed by atoms with Crippen LogP contribution in [0.2, 0.25) is 5.02 Å². The fraction of sp³-hybridized carbons (Fsp3) is 0.286. The predicted molar refractivity (Wildman–Crippen MR) is 80.6 cm³/mol. The van der Waals surface area contributed by atoms with Crippen LogP contribution in [0.5, 0.6) is 0 Å². The molecule has 0 saturated carbocycles. The Morgan fingerprint density at radius 2 is 2.15 bits per heavy atom. The van der Waals surface area contributed by atoms with E-state index in [1.807, 2.05) is 0 Å². The Morgan fingerprint density at radius 3 is 3.00 bits per heavy atom. The molecule has 0 amide bonds. The lowest BCUT2D eigenvalue weighted by molar-refractivity contribution is 0.598. The summed E-state index contributed by atoms with van der Waals surface area (Å²) in [4.78, 5) is 8.24. The van der Waals surface area contributed by atoms with Gasteiger partial charge in [-0.15, -0.1) is 0 Å². The summed E-state index contributed by atoms with van der Waals surface area (Å²) in [5.41, 5.74) is 5.13. The fourth-order valence-corrected chi connectivity index (χ4v) is 2.75. The molecule has 0 saturated heterocycles. The maximum Gasteiger partial charge on any atom is 0.239 e. The first-order valence-corrected chi connectivity index (χ1v) is 6.99. The van der Waals surface area contributed by atoms with Gasteiger partial charge in [-0.25, -0.2) is 10.8 Å². The van der Waals surface area contributed by atoms with E-state index < -0.39 is 0 Å². The van der Waals surface area contributed by atoms with Crippen LogP contribution < -0.4 is 16.6 Å². The Bertz CT molecular complexity index is 616. The number of rotatable bonds is 3. The molecule has 6 heteroatoms. The number of anilines is 2. The molecule has 1 heterocycles. The number of nitrogens with one attached hydrogen (secondary N) is 2. The van der Waals surface area contributed by atoms with Gasteiger partial charge in [-0.2, -0.15) is 4.98 Å². The van der Waals surface area contributed by atoms with Crippen molar-refractivity contribution in [3.63, 3.8) is 0 Å². The van der Waals surface area contributed by atoms with Crippen LogP contribution in [0, 0.1) is 0 Å². The number of aryl methyl sites for hydroxylation is 1. The summed E-state index contributed by atoms with van der Waals surface area (Å²) in [6.45, 7) is 0. The van der Waals surface area contributed by atoms with Gasteiger partial charge in [-0.1, -0.05) is 35.9 Å². The van der Waals surface area contributed by atoms with Crippen molar-refractivity contribution in [1.29, 1.82) is 0 Å². The van der Waals surface area contributed by atoms with E-state index in [2.05, 4.69) is 45.0 Å². The van der Waals surface area contributed by atoms with Crippen LogP contribution in [0.3, 0.4) is 0 Å². The number of nitrogens with two attached hydrogens (primary N) is 1. The molecule has 1 aromatic carbocycles. The van der Waals surface area contributed by atoms with E-state index in [1.165, 1.54) is 11.1 Å². The van der Waals surface area contributed by atoms with Crippen molar-refractivity contribution in [1.82, 2.24) is 9.97 Å². The van der Waals surface area contributed by atoms with E-state index in [9.17, 15) is 0 Å². The second kappa shape index (κ2) is 5.64. The average Bonchev–Trinajstić information content (AvgIpc) is 2.50. The summed E-state index contributed by atoms with van der Waals surface area (Å²) < 4.78 is 0. The zero-order valence-electron chi connectivity index (χ0n) is 10.9. The van der Waals surface area contributed by atoms with Crippen LogP contribution in [-0.4, -0.2) is 9.97 Å². The molecule has 0 radical (unpaired) electrons. The summed E-state index contributed by atoms with van der Waals surface area (Å²) in [6, 6.07) is 8.70. The summed E-state index contributed by atoms with van der Waals surface area (Å²) >= 11 is 6.14. The van der Waals surface area contributed by atoms with Crippen LogP contribution >= 0.6 is 11.6 Å². The summed E-state index contributed by atoms with van der Waals surface area (Å²) in [5, 5.41) is 3.89. The number of halogens is 1. The van der Waals surface area contributed by atoms with Crippen molar-refractivity contribution in [2.24, 2.45) is 5.84 Å². The summed E-state index contributed by atoms with van der Waals surface area (Å²) in [5.74, 6) is 6.29. The van der Waals surface area contributed by atoms with E-state index >= 15 is 0 Å². The smallest absolute Gasteiger partial charge is 0.239 e. The standard InChI is InChI=1S/C14H16ClN5/c15-11-8-17-14(20-16)19-13(11)18-12-7-3-5-9-4-1-2-6-10(9)12/h1-2,4,6,8,12H,3,5,7,16H2,(H2,17,18,19,20). The maximum absolute atomic E-state index is 6.14. The third kappa shape index (κ3) is 2.55. The number of aromatic nitrogens is 2. The van der Waals surface area contributed by atoms with Gasteiger partial charge in [0, 0.05) is 0 Å². The molecule has 20 heavy (non-hydrogen) atoms. The molecule has 2 aromatic rings. The largest absolute Gasteiger partial charge is 0.362 e. The molecule has 5 nitrogen and oxygen atoms in total. The van der Waals surface area contributed by atoms with Crippen LogP contribution in [-0.2, 0) is 6.42 Å². The number of nitrogens with zero attached hydrogens (tertiary/aromatic N) is 2. The van der Waals surface area contributed by atoms with Crippen LogP contribution in [0.25, 0.3) is 0 Å². The molecule has 1 unspecified atom stereocenters. The second-order valence-corrected chi connectivity index (χ2v) is 5.23. The first kappa shape index (κ1) is 13.1. The highest BCUT2D eigenvalue weighted by atomic mass is 35.5. The van der Waals surface area contributed by atoms with Gasteiger partial charge in [-0.05, 0) is 30.4 Å². The lowest BCUT2D eigenvalue weighted by Crippen LogP contribution is -2.19. The molecular weight excluding hydrogens is 274 g/mol. The maximum atomic E-state index is 6.14. The SMILES string of the molecule is NNc1ncc(Cl)c(NC2CCCc3ccccc32)n1. The highest BCUT2D eigenvalue weighted by Crippen LogP contribution is 2.33. The molecule has 1 aliphatic rings. The van der Waals surface area contributed by atoms with Crippen molar-refractivity contribution in [2.45, 2.75) is 25.3 Å². The molecule has 3 rings (SSSR count). The number of benzene rings is 1. The van der Waals surface area contributed by atoms with Gasteiger partial charge in [0.2, 0.25) is 5.95 Å². The van der Waals surface area contributed by atoms with Crippen molar-refractivity contribution < 1.29 is 0 Å².